The lowest BCUT2D eigenvalue weighted by Crippen LogP contribution is -2.33. The molecule has 1 N–H and O–H groups in total. The van der Waals surface area contributed by atoms with Gasteiger partial charge in [0.25, 0.3) is 0 Å². The van der Waals surface area contributed by atoms with Crippen LogP contribution in [0.2, 0.25) is 0 Å². The van der Waals surface area contributed by atoms with Crippen molar-refractivity contribution in [3.8, 4) is 0 Å². The third kappa shape index (κ3) is 5.80. The van der Waals surface area contributed by atoms with Crippen molar-refractivity contribution in [2.45, 2.75) is 44.8 Å². The molecule has 3 nitrogen and oxygen atoms in total. The molecule has 1 aliphatic heterocycles. The second-order valence-corrected chi connectivity index (χ2v) is 4.70. The van der Waals surface area contributed by atoms with E-state index in [1.807, 2.05) is 24.5 Å². The fourth-order valence-corrected chi connectivity index (χ4v) is 2.27. The third-order valence-corrected chi connectivity index (χ3v) is 3.27. The lowest BCUT2D eigenvalue weighted by atomic mass is 10.0. The normalized spacial score (nSPS) is 19.2. The van der Waals surface area contributed by atoms with Crippen molar-refractivity contribution in [3.63, 3.8) is 0 Å². The van der Waals surface area contributed by atoms with E-state index in [1.165, 1.54) is 37.8 Å². The minimum absolute atomic E-state index is 0. The molecule has 102 valence electrons. The Bertz CT molecular complexity index is 302. The molecule has 2 heterocycles. The molecule has 1 saturated heterocycles. The first-order valence-electron chi connectivity index (χ1n) is 6.65. The van der Waals surface area contributed by atoms with E-state index < -0.39 is 0 Å². The Morgan fingerprint density at radius 1 is 1.28 bits per heavy atom. The molecule has 4 heteroatoms. The first-order chi connectivity index (χ1) is 8.45. The summed E-state index contributed by atoms with van der Waals surface area (Å²) in [6, 6.07) is 4.74. The van der Waals surface area contributed by atoms with E-state index in [1.54, 1.807) is 0 Å². The minimum atomic E-state index is 0. The molecule has 0 aromatic carbocycles. The van der Waals surface area contributed by atoms with Gasteiger partial charge >= 0.3 is 0 Å². The van der Waals surface area contributed by atoms with Crippen LogP contribution in [0.4, 0.5) is 0 Å². The highest BCUT2D eigenvalue weighted by Gasteiger charge is 2.11. The van der Waals surface area contributed by atoms with Crippen molar-refractivity contribution in [3.05, 3.63) is 30.1 Å². The van der Waals surface area contributed by atoms with E-state index in [-0.39, 0.29) is 12.4 Å². The number of hydrogen-bond acceptors (Lipinski definition) is 3. The summed E-state index contributed by atoms with van der Waals surface area (Å²) in [7, 11) is 0. The van der Waals surface area contributed by atoms with Crippen LogP contribution in [0.1, 0.15) is 37.7 Å². The van der Waals surface area contributed by atoms with Crippen LogP contribution in [0.25, 0.3) is 0 Å². The van der Waals surface area contributed by atoms with Crippen LogP contribution in [-0.2, 0) is 11.3 Å². The molecule has 1 aromatic heterocycles. The Morgan fingerprint density at radius 2 is 2.11 bits per heavy atom. The van der Waals surface area contributed by atoms with Gasteiger partial charge in [0.05, 0.1) is 6.61 Å². The van der Waals surface area contributed by atoms with Gasteiger partial charge in [-0.3, -0.25) is 4.98 Å². The molecule has 1 fully saturated rings. The van der Waals surface area contributed by atoms with Crippen molar-refractivity contribution >= 4 is 12.4 Å². The number of hydrogen-bond donors (Lipinski definition) is 1. The second kappa shape index (κ2) is 9.31. The van der Waals surface area contributed by atoms with Gasteiger partial charge in [0.2, 0.25) is 0 Å². The number of nitrogens with one attached hydrogen (secondary N) is 1. The first-order valence-corrected chi connectivity index (χ1v) is 6.65. The molecule has 18 heavy (non-hydrogen) atoms. The molecule has 1 aliphatic rings. The van der Waals surface area contributed by atoms with E-state index in [0.29, 0.717) is 6.61 Å². The Morgan fingerprint density at radius 3 is 2.83 bits per heavy atom. The van der Waals surface area contributed by atoms with Gasteiger partial charge in [-0.1, -0.05) is 6.42 Å². The fraction of sp³-hybridized carbons (Fsp3) is 0.643. The van der Waals surface area contributed by atoms with E-state index >= 15 is 0 Å². The van der Waals surface area contributed by atoms with Gasteiger partial charge in [0.1, 0.15) is 0 Å². The summed E-state index contributed by atoms with van der Waals surface area (Å²) in [6.45, 7) is 2.77. The number of ether oxygens (including phenoxy) is 1. The number of piperidine rings is 1. The molecule has 0 aliphatic carbocycles. The molecule has 1 aromatic rings. The van der Waals surface area contributed by atoms with Crippen LogP contribution in [0.3, 0.4) is 0 Å². The summed E-state index contributed by atoms with van der Waals surface area (Å²) in [5, 5.41) is 3.56. The molecule has 0 bridgehead atoms. The van der Waals surface area contributed by atoms with Crippen molar-refractivity contribution in [2.75, 3.05) is 13.2 Å². The van der Waals surface area contributed by atoms with Gasteiger partial charge < -0.3 is 10.1 Å². The zero-order valence-corrected chi connectivity index (χ0v) is 11.6. The number of nitrogens with zero attached hydrogens (tertiary/aromatic N) is 1. The fourth-order valence-electron chi connectivity index (χ4n) is 2.27. The SMILES string of the molecule is Cl.c1cc(COCCCC2CCCCN2)ccn1. The number of aromatic nitrogens is 1. The number of halogens is 1. The minimum Gasteiger partial charge on any atom is -0.377 e. The third-order valence-electron chi connectivity index (χ3n) is 3.27. The van der Waals surface area contributed by atoms with Crippen LogP contribution in [0.5, 0.6) is 0 Å². The van der Waals surface area contributed by atoms with Crippen LogP contribution in [0, 0.1) is 0 Å². The summed E-state index contributed by atoms with van der Waals surface area (Å²) < 4.78 is 5.66. The Balaban J connectivity index is 0.00000162. The Hall–Kier alpha value is -0.640. The highest BCUT2D eigenvalue weighted by molar-refractivity contribution is 5.85. The molecule has 0 spiro atoms. The average Bonchev–Trinajstić information content (AvgIpc) is 2.41. The average molecular weight is 271 g/mol. The molecule has 0 radical (unpaired) electrons. The standard InChI is InChI=1S/C14H22N2O.ClH/c1-2-8-16-14(4-1)5-3-11-17-12-13-6-9-15-10-7-13;/h6-7,9-10,14,16H,1-5,8,11-12H2;1H. The van der Waals surface area contributed by atoms with Gasteiger partial charge in [0, 0.05) is 25.0 Å². The summed E-state index contributed by atoms with van der Waals surface area (Å²) in [4.78, 5) is 3.99. The maximum absolute atomic E-state index is 5.66. The smallest absolute Gasteiger partial charge is 0.0717 e. The van der Waals surface area contributed by atoms with Crippen LogP contribution in [0.15, 0.2) is 24.5 Å². The largest absolute Gasteiger partial charge is 0.377 e. The van der Waals surface area contributed by atoms with E-state index in [0.717, 1.165) is 19.1 Å². The van der Waals surface area contributed by atoms with E-state index in [2.05, 4.69) is 10.3 Å². The van der Waals surface area contributed by atoms with Gasteiger partial charge in [-0.25, -0.2) is 0 Å². The lowest BCUT2D eigenvalue weighted by molar-refractivity contribution is 0.114. The predicted molar refractivity (Wildman–Crippen MR) is 76.0 cm³/mol. The summed E-state index contributed by atoms with van der Waals surface area (Å²) in [5.74, 6) is 0. The second-order valence-electron chi connectivity index (χ2n) is 4.70. The zero-order valence-electron chi connectivity index (χ0n) is 10.8. The topological polar surface area (TPSA) is 34.1 Å². The van der Waals surface area contributed by atoms with Crippen molar-refractivity contribution in [1.82, 2.24) is 10.3 Å². The first kappa shape index (κ1) is 15.4. The lowest BCUT2D eigenvalue weighted by Gasteiger charge is -2.23. The monoisotopic (exact) mass is 270 g/mol. The maximum atomic E-state index is 5.66. The summed E-state index contributed by atoms with van der Waals surface area (Å²) in [5.41, 5.74) is 1.20. The number of pyridine rings is 1. The van der Waals surface area contributed by atoms with Gasteiger partial charge in [-0.05, 0) is 49.9 Å². The van der Waals surface area contributed by atoms with Crippen LogP contribution >= 0.6 is 12.4 Å². The summed E-state index contributed by atoms with van der Waals surface area (Å²) in [6.07, 6.45) is 10.1. The molecular formula is C14H23ClN2O. The Kier molecular flexibility index (Phi) is 7.98. The van der Waals surface area contributed by atoms with Crippen LogP contribution in [-0.4, -0.2) is 24.2 Å². The van der Waals surface area contributed by atoms with E-state index in [4.69, 9.17) is 4.74 Å². The molecule has 0 saturated carbocycles. The van der Waals surface area contributed by atoms with Crippen molar-refractivity contribution < 1.29 is 4.74 Å². The highest BCUT2D eigenvalue weighted by atomic mass is 35.5. The quantitative estimate of drug-likeness (QED) is 0.807. The van der Waals surface area contributed by atoms with Gasteiger partial charge in [-0.2, -0.15) is 0 Å². The Labute approximate surface area is 116 Å². The highest BCUT2D eigenvalue weighted by Crippen LogP contribution is 2.11. The van der Waals surface area contributed by atoms with Crippen molar-refractivity contribution in [2.24, 2.45) is 0 Å². The maximum Gasteiger partial charge on any atom is 0.0717 e. The molecule has 1 unspecified atom stereocenters. The van der Waals surface area contributed by atoms with Crippen LogP contribution < -0.4 is 5.32 Å². The number of rotatable bonds is 6. The summed E-state index contributed by atoms with van der Waals surface area (Å²) >= 11 is 0. The molecule has 2 rings (SSSR count). The zero-order chi connectivity index (χ0) is 11.8. The van der Waals surface area contributed by atoms with Gasteiger partial charge in [-0.15, -0.1) is 12.4 Å². The predicted octanol–water partition coefficient (Wildman–Crippen LogP) is 2.94. The molecule has 1 atom stereocenters. The van der Waals surface area contributed by atoms with Gasteiger partial charge in [0.15, 0.2) is 0 Å². The molecular weight excluding hydrogens is 248 g/mol. The van der Waals surface area contributed by atoms with Crippen molar-refractivity contribution in [1.29, 1.82) is 0 Å². The van der Waals surface area contributed by atoms with E-state index in [9.17, 15) is 0 Å². The molecule has 0 amide bonds.